The maximum atomic E-state index is 12.2. The van der Waals surface area contributed by atoms with Gasteiger partial charge in [0.05, 0.1) is 5.69 Å². The molecule has 0 unspecified atom stereocenters. The molecule has 3 rings (SSSR count). The Bertz CT molecular complexity index is 908. The molecule has 2 heterocycles. The number of rotatable bonds is 4. The van der Waals surface area contributed by atoms with E-state index in [2.05, 4.69) is 20.6 Å². The summed E-state index contributed by atoms with van der Waals surface area (Å²) in [5.41, 5.74) is 2.41. The molecule has 2 aromatic heterocycles. The number of anilines is 1. The van der Waals surface area contributed by atoms with Crippen molar-refractivity contribution in [3.8, 4) is 11.6 Å². The third-order valence-corrected chi connectivity index (χ3v) is 3.42. The van der Waals surface area contributed by atoms with Crippen LogP contribution in [0.15, 0.2) is 34.7 Å². The molecule has 8 heteroatoms. The molecular formula is C16H15N5O3. The highest BCUT2D eigenvalue weighted by atomic mass is 16.4. The molecule has 0 aliphatic rings. The molecule has 1 aromatic carbocycles. The van der Waals surface area contributed by atoms with Crippen LogP contribution in [-0.2, 0) is 7.05 Å². The molecule has 0 radical (unpaired) electrons. The zero-order chi connectivity index (χ0) is 17.3. The number of carbonyl (C=O) groups is 2. The predicted molar refractivity (Wildman–Crippen MR) is 85.6 cm³/mol. The monoisotopic (exact) mass is 325 g/mol. The summed E-state index contributed by atoms with van der Waals surface area (Å²) in [6.07, 6.45) is 0. The number of ketones is 1. The second kappa shape index (κ2) is 6.07. The molecule has 1 N–H and O–H groups in total. The van der Waals surface area contributed by atoms with Gasteiger partial charge in [-0.3, -0.25) is 19.6 Å². The number of nitrogens with one attached hydrogen (secondary N) is 1. The maximum absolute atomic E-state index is 12.2. The van der Waals surface area contributed by atoms with E-state index < -0.39 is 5.91 Å². The van der Waals surface area contributed by atoms with Gasteiger partial charge in [0, 0.05) is 18.2 Å². The molecule has 24 heavy (non-hydrogen) atoms. The lowest BCUT2D eigenvalue weighted by molar-refractivity contribution is 0.100. The summed E-state index contributed by atoms with van der Waals surface area (Å²) >= 11 is 0. The summed E-state index contributed by atoms with van der Waals surface area (Å²) in [6, 6.07) is 8.11. The standard InChI is InChI=1S/C16H15N5O3/c1-9-8-13(21(3)20-9)15-18-19-16(24-15)17-14(23)12-6-4-11(5-7-12)10(2)22/h4-8H,1-3H3,(H,17,19,23). The average molecular weight is 325 g/mol. The number of Topliss-reactive ketones (excluding diaryl/α,β-unsaturated/α-hetero) is 1. The molecule has 0 aliphatic carbocycles. The number of amides is 1. The summed E-state index contributed by atoms with van der Waals surface area (Å²) in [6.45, 7) is 3.32. The van der Waals surface area contributed by atoms with Crippen molar-refractivity contribution >= 4 is 17.7 Å². The van der Waals surface area contributed by atoms with Crippen molar-refractivity contribution in [2.45, 2.75) is 13.8 Å². The Kier molecular flexibility index (Phi) is 3.95. The van der Waals surface area contributed by atoms with Gasteiger partial charge in [-0.2, -0.15) is 5.10 Å². The first-order valence-electron chi connectivity index (χ1n) is 7.21. The van der Waals surface area contributed by atoms with Crippen molar-refractivity contribution in [1.82, 2.24) is 20.0 Å². The minimum Gasteiger partial charge on any atom is -0.401 e. The Balaban J connectivity index is 1.75. The topological polar surface area (TPSA) is 103 Å². The Morgan fingerprint density at radius 2 is 1.79 bits per heavy atom. The third-order valence-electron chi connectivity index (χ3n) is 3.42. The van der Waals surface area contributed by atoms with Gasteiger partial charge in [0.1, 0.15) is 5.69 Å². The largest absolute Gasteiger partial charge is 0.401 e. The van der Waals surface area contributed by atoms with Crippen LogP contribution in [-0.4, -0.2) is 31.7 Å². The van der Waals surface area contributed by atoms with Gasteiger partial charge in [-0.05, 0) is 32.0 Å². The number of hydrogen-bond donors (Lipinski definition) is 1. The lowest BCUT2D eigenvalue weighted by Crippen LogP contribution is -2.12. The van der Waals surface area contributed by atoms with Gasteiger partial charge in [-0.1, -0.05) is 17.2 Å². The van der Waals surface area contributed by atoms with E-state index >= 15 is 0 Å². The van der Waals surface area contributed by atoms with Crippen molar-refractivity contribution in [3.63, 3.8) is 0 Å². The molecule has 0 atom stereocenters. The molecule has 8 nitrogen and oxygen atoms in total. The van der Waals surface area contributed by atoms with Crippen LogP contribution in [0.25, 0.3) is 11.6 Å². The first-order valence-corrected chi connectivity index (χ1v) is 7.21. The number of benzene rings is 1. The van der Waals surface area contributed by atoms with Crippen LogP contribution in [0.2, 0.25) is 0 Å². The molecule has 0 saturated heterocycles. The second-order valence-corrected chi connectivity index (χ2v) is 5.29. The van der Waals surface area contributed by atoms with E-state index in [4.69, 9.17) is 4.42 Å². The van der Waals surface area contributed by atoms with Crippen LogP contribution in [0.3, 0.4) is 0 Å². The number of hydrogen-bond acceptors (Lipinski definition) is 6. The molecule has 1 amide bonds. The maximum Gasteiger partial charge on any atom is 0.322 e. The van der Waals surface area contributed by atoms with E-state index in [1.54, 1.807) is 42.1 Å². The smallest absolute Gasteiger partial charge is 0.322 e. The summed E-state index contributed by atoms with van der Waals surface area (Å²) in [4.78, 5) is 23.4. The Hall–Kier alpha value is -3.29. The van der Waals surface area contributed by atoms with E-state index in [1.165, 1.54) is 6.92 Å². The van der Waals surface area contributed by atoms with Gasteiger partial charge in [-0.15, -0.1) is 5.10 Å². The third kappa shape index (κ3) is 3.07. The second-order valence-electron chi connectivity index (χ2n) is 5.29. The van der Waals surface area contributed by atoms with Gasteiger partial charge < -0.3 is 4.42 Å². The van der Waals surface area contributed by atoms with Gasteiger partial charge in [0.2, 0.25) is 0 Å². The molecule has 0 aliphatic heterocycles. The van der Waals surface area contributed by atoms with Crippen LogP contribution in [0.4, 0.5) is 6.01 Å². The molecule has 3 aromatic rings. The highest BCUT2D eigenvalue weighted by molar-refractivity contribution is 6.04. The van der Waals surface area contributed by atoms with Crippen molar-refractivity contribution in [2.75, 3.05) is 5.32 Å². The van der Waals surface area contributed by atoms with Crippen LogP contribution in [0, 0.1) is 6.92 Å². The van der Waals surface area contributed by atoms with Gasteiger partial charge in [0.25, 0.3) is 11.8 Å². The van der Waals surface area contributed by atoms with E-state index in [-0.39, 0.29) is 17.7 Å². The zero-order valence-electron chi connectivity index (χ0n) is 13.4. The van der Waals surface area contributed by atoms with Crippen molar-refractivity contribution < 1.29 is 14.0 Å². The lowest BCUT2D eigenvalue weighted by atomic mass is 10.1. The van der Waals surface area contributed by atoms with Crippen LogP contribution >= 0.6 is 0 Å². The first kappa shape index (κ1) is 15.6. The molecule has 0 spiro atoms. The molecule has 0 fully saturated rings. The molecular weight excluding hydrogens is 310 g/mol. The SMILES string of the molecule is CC(=O)c1ccc(C(=O)Nc2nnc(-c3cc(C)nn3C)o2)cc1. The number of carbonyl (C=O) groups excluding carboxylic acids is 2. The zero-order valence-corrected chi connectivity index (χ0v) is 13.4. The fraction of sp³-hybridized carbons (Fsp3) is 0.188. The quantitative estimate of drug-likeness (QED) is 0.738. The Morgan fingerprint density at radius 1 is 1.12 bits per heavy atom. The van der Waals surface area contributed by atoms with Crippen molar-refractivity contribution in [1.29, 1.82) is 0 Å². The van der Waals surface area contributed by atoms with E-state index in [9.17, 15) is 9.59 Å². The van der Waals surface area contributed by atoms with E-state index in [0.717, 1.165) is 5.69 Å². The normalized spacial score (nSPS) is 10.6. The van der Waals surface area contributed by atoms with Crippen molar-refractivity contribution in [3.05, 3.63) is 47.2 Å². The number of aryl methyl sites for hydroxylation is 2. The fourth-order valence-electron chi connectivity index (χ4n) is 2.21. The van der Waals surface area contributed by atoms with Gasteiger partial charge in [-0.25, -0.2) is 0 Å². The minimum atomic E-state index is -0.401. The molecule has 122 valence electrons. The first-order chi connectivity index (χ1) is 11.4. The summed E-state index contributed by atoms with van der Waals surface area (Å²) < 4.78 is 7.07. The predicted octanol–water partition coefficient (Wildman–Crippen LogP) is 2.23. The number of aromatic nitrogens is 4. The lowest BCUT2D eigenvalue weighted by Gasteiger charge is -2.01. The van der Waals surface area contributed by atoms with E-state index in [0.29, 0.717) is 16.8 Å². The van der Waals surface area contributed by atoms with Crippen LogP contribution in [0.1, 0.15) is 33.3 Å². The molecule has 0 saturated carbocycles. The highest BCUT2D eigenvalue weighted by Gasteiger charge is 2.15. The Morgan fingerprint density at radius 3 is 2.38 bits per heavy atom. The fourth-order valence-corrected chi connectivity index (χ4v) is 2.21. The minimum absolute atomic E-state index is 0.00972. The number of nitrogens with zero attached hydrogens (tertiary/aromatic N) is 4. The van der Waals surface area contributed by atoms with Crippen molar-refractivity contribution in [2.24, 2.45) is 7.05 Å². The summed E-state index contributed by atoms with van der Waals surface area (Å²) in [5, 5.41) is 14.4. The molecule has 0 bridgehead atoms. The van der Waals surface area contributed by atoms with E-state index in [1.807, 2.05) is 6.92 Å². The van der Waals surface area contributed by atoms with Crippen LogP contribution < -0.4 is 5.32 Å². The average Bonchev–Trinajstić information content (AvgIpc) is 3.13. The van der Waals surface area contributed by atoms with Gasteiger partial charge >= 0.3 is 6.01 Å². The van der Waals surface area contributed by atoms with Gasteiger partial charge in [0.15, 0.2) is 5.78 Å². The highest BCUT2D eigenvalue weighted by Crippen LogP contribution is 2.20. The summed E-state index contributed by atoms with van der Waals surface area (Å²) in [7, 11) is 1.77. The van der Waals surface area contributed by atoms with Crippen LogP contribution in [0.5, 0.6) is 0 Å². The summed E-state index contributed by atoms with van der Waals surface area (Å²) in [5.74, 6) is -0.197. The Labute approximate surface area is 137 Å².